The number of methoxy groups -OCH3 is 1. The first-order valence-corrected chi connectivity index (χ1v) is 6.99. The molecular formula is C17H15ClN2O2. The van der Waals surface area contributed by atoms with Crippen molar-refractivity contribution < 1.29 is 9.53 Å². The van der Waals surface area contributed by atoms with Crippen molar-refractivity contribution in [3.05, 3.63) is 59.1 Å². The normalized spacial score (nSPS) is 9.36. The summed E-state index contributed by atoms with van der Waals surface area (Å²) in [7, 11) is 1.57. The molecule has 0 spiro atoms. The number of amides is 2. The van der Waals surface area contributed by atoms with Crippen LogP contribution in [0.3, 0.4) is 0 Å². The summed E-state index contributed by atoms with van der Waals surface area (Å²) in [6.45, 7) is 0.223. The van der Waals surface area contributed by atoms with Crippen LogP contribution in [0.5, 0.6) is 5.75 Å². The first-order chi connectivity index (χ1) is 10.7. The molecule has 4 nitrogen and oxygen atoms in total. The fourth-order valence-electron chi connectivity index (χ4n) is 1.70. The monoisotopic (exact) mass is 314 g/mol. The lowest BCUT2D eigenvalue weighted by molar-refractivity contribution is 0.253. The summed E-state index contributed by atoms with van der Waals surface area (Å²) in [4.78, 5) is 11.7. The van der Waals surface area contributed by atoms with Crippen LogP contribution < -0.4 is 15.4 Å². The van der Waals surface area contributed by atoms with E-state index in [4.69, 9.17) is 16.3 Å². The average Bonchev–Trinajstić information content (AvgIpc) is 2.53. The predicted molar refractivity (Wildman–Crippen MR) is 88.3 cm³/mol. The molecule has 0 radical (unpaired) electrons. The van der Waals surface area contributed by atoms with Gasteiger partial charge < -0.3 is 15.4 Å². The van der Waals surface area contributed by atoms with E-state index >= 15 is 0 Å². The number of halogens is 1. The van der Waals surface area contributed by atoms with Crippen LogP contribution >= 0.6 is 11.6 Å². The van der Waals surface area contributed by atoms with Crippen LogP contribution in [0.15, 0.2) is 48.5 Å². The molecule has 0 heterocycles. The zero-order valence-corrected chi connectivity index (χ0v) is 12.8. The lowest BCUT2D eigenvalue weighted by Crippen LogP contribution is -2.28. The third-order valence-corrected chi connectivity index (χ3v) is 3.09. The summed E-state index contributed by atoms with van der Waals surface area (Å²) in [5.41, 5.74) is 1.38. The first-order valence-electron chi connectivity index (χ1n) is 6.61. The topological polar surface area (TPSA) is 50.4 Å². The first kappa shape index (κ1) is 15.7. The van der Waals surface area contributed by atoms with Crippen molar-refractivity contribution in [3.63, 3.8) is 0 Å². The molecule has 2 amide bonds. The van der Waals surface area contributed by atoms with E-state index in [1.165, 1.54) is 0 Å². The molecule has 0 saturated carbocycles. The lowest BCUT2D eigenvalue weighted by atomic mass is 10.2. The van der Waals surface area contributed by atoms with Gasteiger partial charge in [0.05, 0.1) is 18.7 Å². The number of hydrogen-bond donors (Lipinski definition) is 2. The smallest absolute Gasteiger partial charge is 0.319 e. The SMILES string of the molecule is COc1cccc(NC(=O)NCC#Cc2ccccc2Cl)c1. The molecule has 0 aromatic heterocycles. The Morgan fingerprint density at radius 1 is 1.23 bits per heavy atom. The van der Waals surface area contributed by atoms with E-state index in [1.807, 2.05) is 18.2 Å². The number of hydrogen-bond acceptors (Lipinski definition) is 2. The summed E-state index contributed by atoms with van der Waals surface area (Å²) in [5, 5.41) is 5.95. The molecule has 112 valence electrons. The fourth-order valence-corrected chi connectivity index (χ4v) is 1.89. The Morgan fingerprint density at radius 2 is 2.05 bits per heavy atom. The molecule has 0 saturated heterocycles. The second-order valence-electron chi connectivity index (χ2n) is 4.32. The molecule has 0 aliphatic heterocycles. The molecule has 2 N–H and O–H groups in total. The van der Waals surface area contributed by atoms with Gasteiger partial charge in [-0.15, -0.1) is 0 Å². The van der Waals surface area contributed by atoms with Crippen LogP contribution in [-0.2, 0) is 0 Å². The van der Waals surface area contributed by atoms with Crippen LogP contribution in [-0.4, -0.2) is 19.7 Å². The van der Waals surface area contributed by atoms with Crippen molar-refractivity contribution in [2.24, 2.45) is 0 Å². The van der Waals surface area contributed by atoms with Gasteiger partial charge in [-0.3, -0.25) is 0 Å². The van der Waals surface area contributed by atoms with Gasteiger partial charge in [-0.2, -0.15) is 0 Å². The molecule has 0 fully saturated rings. The number of nitrogens with one attached hydrogen (secondary N) is 2. The van der Waals surface area contributed by atoms with Gasteiger partial charge >= 0.3 is 6.03 Å². The minimum absolute atomic E-state index is 0.223. The van der Waals surface area contributed by atoms with E-state index in [9.17, 15) is 4.79 Å². The number of carbonyl (C=O) groups is 1. The molecule has 5 heteroatoms. The fraction of sp³-hybridized carbons (Fsp3) is 0.118. The zero-order valence-electron chi connectivity index (χ0n) is 12.0. The largest absolute Gasteiger partial charge is 0.497 e. The third-order valence-electron chi connectivity index (χ3n) is 2.76. The van der Waals surface area contributed by atoms with Gasteiger partial charge in [0.25, 0.3) is 0 Å². The molecule has 2 aromatic carbocycles. The van der Waals surface area contributed by atoms with Crippen LogP contribution in [0.1, 0.15) is 5.56 Å². The summed E-state index contributed by atoms with van der Waals surface area (Å²) in [5.74, 6) is 6.43. The third kappa shape index (κ3) is 4.72. The highest BCUT2D eigenvalue weighted by molar-refractivity contribution is 6.31. The lowest BCUT2D eigenvalue weighted by Gasteiger charge is -2.06. The molecule has 0 aliphatic rings. The number of anilines is 1. The van der Waals surface area contributed by atoms with Crippen molar-refractivity contribution in [3.8, 4) is 17.6 Å². The quantitative estimate of drug-likeness (QED) is 0.852. The Hall–Kier alpha value is -2.64. The molecule has 0 bridgehead atoms. The summed E-state index contributed by atoms with van der Waals surface area (Å²) in [6, 6.07) is 14.1. The van der Waals surface area contributed by atoms with Crippen LogP contribution in [0, 0.1) is 11.8 Å². The van der Waals surface area contributed by atoms with Crippen molar-refractivity contribution in [1.82, 2.24) is 5.32 Å². The molecule has 0 unspecified atom stereocenters. The minimum Gasteiger partial charge on any atom is -0.497 e. The Labute approximate surface area is 134 Å². The van der Waals surface area contributed by atoms with Crippen molar-refractivity contribution >= 4 is 23.3 Å². The van der Waals surface area contributed by atoms with Gasteiger partial charge in [-0.1, -0.05) is 41.6 Å². The standard InChI is InChI=1S/C17H15ClN2O2/c1-22-15-9-4-8-14(12-15)20-17(21)19-11-5-7-13-6-2-3-10-16(13)18/h2-4,6,8-10,12H,11H2,1H3,(H2,19,20,21). The number of carbonyl (C=O) groups excluding carboxylic acids is 1. The second kappa shape index (κ2) is 7.96. The summed E-state index contributed by atoms with van der Waals surface area (Å²) >= 11 is 5.99. The molecular weight excluding hydrogens is 300 g/mol. The van der Waals surface area contributed by atoms with E-state index in [-0.39, 0.29) is 12.6 Å². The maximum absolute atomic E-state index is 11.7. The van der Waals surface area contributed by atoms with Crippen molar-refractivity contribution in [2.75, 3.05) is 19.0 Å². The summed E-state index contributed by atoms with van der Waals surface area (Å²) in [6.07, 6.45) is 0. The molecule has 2 aromatic rings. The van der Waals surface area contributed by atoms with E-state index in [2.05, 4.69) is 22.5 Å². The van der Waals surface area contributed by atoms with E-state index in [0.717, 1.165) is 5.56 Å². The predicted octanol–water partition coefficient (Wildman–Crippen LogP) is 3.52. The number of urea groups is 1. The highest BCUT2D eigenvalue weighted by Crippen LogP contribution is 2.16. The highest BCUT2D eigenvalue weighted by atomic mass is 35.5. The number of rotatable bonds is 3. The Bertz CT molecular complexity index is 720. The van der Waals surface area contributed by atoms with Crippen LogP contribution in [0.2, 0.25) is 5.02 Å². The van der Waals surface area contributed by atoms with Crippen molar-refractivity contribution in [2.45, 2.75) is 0 Å². The molecule has 0 atom stereocenters. The van der Waals surface area contributed by atoms with Gasteiger partial charge in [0.15, 0.2) is 0 Å². The Kier molecular flexibility index (Phi) is 5.70. The Morgan fingerprint density at radius 3 is 2.82 bits per heavy atom. The highest BCUT2D eigenvalue weighted by Gasteiger charge is 2.01. The number of benzene rings is 2. The minimum atomic E-state index is -0.332. The molecule has 22 heavy (non-hydrogen) atoms. The maximum Gasteiger partial charge on any atom is 0.319 e. The number of ether oxygens (including phenoxy) is 1. The second-order valence-corrected chi connectivity index (χ2v) is 4.73. The molecule has 0 aliphatic carbocycles. The average molecular weight is 315 g/mol. The van der Waals surface area contributed by atoms with E-state index in [0.29, 0.717) is 16.5 Å². The summed E-state index contributed by atoms with van der Waals surface area (Å²) < 4.78 is 5.09. The van der Waals surface area contributed by atoms with E-state index < -0.39 is 0 Å². The Balaban J connectivity index is 1.85. The van der Waals surface area contributed by atoms with Gasteiger partial charge in [0.2, 0.25) is 0 Å². The van der Waals surface area contributed by atoms with Gasteiger partial charge in [-0.25, -0.2) is 4.79 Å². The van der Waals surface area contributed by atoms with Gasteiger partial charge in [0.1, 0.15) is 5.75 Å². The van der Waals surface area contributed by atoms with Crippen molar-refractivity contribution in [1.29, 1.82) is 0 Å². The van der Waals surface area contributed by atoms with Crippen LogP contribution in [0.4, 0.5) is 10.5 Å². The maximum atomic E-state index is 11.7. The van der Waals surface area contributed by atoms with Gasteiger partial charge in [-0.05, 0) is 24.3 Å². The zero-order chi connectivity index (χ0) is 15.8. The molecule has 2 rings (SSSR count). The van der Waals surface area contributed by atoms with E-state index in [1.54, 1.807) is 37.4 Å². The van der Waals surface area contributed by atoms with Gasteiger partial charge in [0, 0.05) is 17.3 Å². The van der Waals surface area contributed by atoms with Crippen LogP contribution in [0.25, 0.3) is 0 Å².